The summed E-state index contributed by atoms with van der Waals surface area (Å²) in [4.78, 5) is 12.3. The van der Waals surface area contributed by atoms with E-state index in [4.69, 9.17) is 4.42 Å². The smallest absolute Gasteiger partial charge is 0.248 e. The van der Waals surface area contributed by atoms with Crippen LogP contribution in [-0.2, 0) is 11.2 Å². The number of carbonyl (C=O) groups is 1. The Morgan fingerprint density at radius 1 is 1.11 bits per heavy atom. The van der Waals surface area contributed by atoms with Crippen molar-refractivity contribution >= 4 is 17.2 Å². The lowest BCUT2D eigenvalue weighted by Gasteiger charge is -2.29. The zero-order valence-corrected chi connectivity index (χ0v) is 16.0. The summed E-state index contributed by atoms with van der Waals surface area (Å²) in [5.41, 5.74) is 2.35. The lowest BCUT2D eigenvalue weighted by Crippen LogP contribution is -2.37. The number of thiophene rings is 1. The average molecular weight is 382 g/mol. The van der Waals surface area contributed by atoms with Crippen molar-refractivity contribution in [2.24, 2.45) is 0 Å². The zero-order chi connectivity index (χ0) is 18.5. The van der Waals surface area contributed by atoms with Crippen LogP contribution in [0.25, 0.3) is 11.5 Å². The van der Waals surface area contributed by atoms with Crippen molar-refractivity contribution in [1.82, 2.24) is 15.5 Å². The minimum atomic E-state index is 0.0634. The first-order chi connectivity index (χ1) is 13.3. The molecule has 0 aliphatic heterocycles. The van der Waals surface area contributed by atoms with Gasteiger partial charge in [0.25, 0.3) is 0 Å². The summed E-state index contributed by atoms with van der Waals surface area (Å²) in [5, 5.41) is 15.2. The van der Waals surface area contributed by atoms with Crippen LogP contribution in [0.4, 0.5) is 0 Å². The van der Waals surface area contributed by atoms with Gasteiger partial charge in [-0.2, -0.15) is 11.3 Å². The standard InChI is InChI=1S/C21H23N3O2S/c25-19(10-11-20-23-24-21(26-20)17-12-13-27-14-17)22-18-8-6-16(7-9-18)15-4-2-1-3-5-15/h1-5,12-14,16,18H,6-11H2,(H,22,25). The van der Waals surface area contributed by atoms with Crippen LogP contribution in [0.5, 0.6) is 0 Å². The number of hydrogen-bond acceptors (Lipinski definition) is 5. The van der Waals surface area contributed by atoms with Crippen LogP contribution in [-0.4, -0.2) is 22.1 Å². The predicted molar refractivity (Wildman–Crippen MR) is 106 cm³/mol. The Labute approximate surface area is 162 Å². The van der Waals surface area contributed by atoms with Crippen LogP contribution in [0.15, 0.2) is 51.6 Å². The summed E-state index contributed by atoms with van der Waals surface area (Å²) < 4.78 is 5.64. The molecule has 1 fully saturated rings. The van der Waals surface area contributed by atoms with Crippen LogP contribution < -0.4 is 5.32 Å². The molecule has 2 heterocycles. The molecule has 1 amide bonds. The van der Waals surface area contributed by atoms with Crippen LogP contribution in [0.3, 0.4) is 0 Å². The van der Waals surface area contributed by atoms with Gasteiger partial charge in [0, 0.05) is 29.8 Å². The Balaban J connectivity index is 1.21. The molecular formula is C21H23N3O2S. The van der Waals surface area contributed by atoms with E-state index in [9.17, 15) is 4.79 Å². The average Bonchev–Trinajstić information content (AvgIpc) is 3.39. The van der Waals surface area contributed by atoms with Crippen molar-refractivity contribution < 1.29 is 9.21 Å². The fourth-order valence-corrected chi connectivity index (χ4v) is 4.30. The number of amides is 1. The molecule has 4 rings (SSSR count). The van der Waals surface area contributed by atoms with Gasteiger partial charge >= 0.3 is 0 Å². The number of hydrogen-bond donors (Lipinski definition) is 1. The largest absolute Gasteiger partial charge is 0.421 e. The molecule has 0 spiro atoms. The normalized spacial score (nSPS) is 19.7. The fourth-order valence-electron chi connectivity index (χ4n) is 3.67. The minimum Gasteiger partial charge on any atom is -0.421 e. The molecule has 140 valence electrons. The van der Waals surface area contributed by atoms with Gasteiger partial charge in [-0.25, -0.2) is 0 Å². The Bertz CT molecular complexity index is 853. The summed E-state index contributed by atoms with van der Waals surface area (Å²) in [6.45, 7) is 0. The number of aromatic nitrogens is 2. The topological polar surface area (TPSA) is 68.0 Å². The lowest BCUT2D eigenvalue weighted by atomic mass is 9.82. The molecule has 1 aromatic carbocycles. The van der Waals surface area contributed by atoms with E-state index >= 15 is 0 Å². The van der Waals surface area contributed by atoms with E-state index in [2.05, 4.69) is 45.8 Å². The maximum Gasteiger partial charge on any atom is 0.248 e. The van der Waals surface area contributed by atoms with Gasteiger partial charge in [0.05, 0.1) is 0 Å². The lowest BCUT2D eigenvalue weighted by molar-refractivity contribution is -0.122. The van der Waals surface area contributed by atoms with Gasteiger partial charge in [-0.1, -0.05) is 30.3 Å². The third-order valence-corrected chi connectivity index (χ3v) is 5.85. The van der Waals surface area contributed by atoms with Gasteiger partial charge in [-0.05, 0) is 48.6 Å². The first-order valence-electron chi connectivity index (χ1n) is 9.47. The molecule has 3 aromatic rings. The molecule has 0 atom stereocenters. The predicted octanol–water partition coefficient (Wildman–Crippen LogP) is 4.57. The quantitative estimate of drug-likeness (QED) is 0.679. The first-order valence-corrected chi connectivity index (χ1v) is 10.4. The van der Waals surface area contributed by atoms with E-state index in [1.54, 1.807) is 11.3 Å². The second kappa shape index (κ2) is 8.48. The molecule has 1 aliphatic rings. The van der Waals surface area contributed by atoms with E-state index in [1.165, 1.54) is 5.56 Å². The summed E-state index contributed by atoms with van der Waals surface area (Å²) >= 11 is 1.59. The van der Waals surface area contributed by atoms with Gasteiger partial charge in [0.1, 0.15) is 0 Å². The monoisotopic (exact) mass is 381 g/mol. The molecule has 6 heteroatoms. The van der Waals surface area contributed by atoms with E-state index in [-0.39, 0.29) is 11.9 Å². The number of carbonyl (C=O) groups excluding carboxylic acids is 1. The van der Waals surface area contributed by atoms with Crippen molar-refractivity contribution in [2.75, 3.05) is 0 Å². The summed E-state index contributed by atoms with van der Waals surface area (Å²) in [5.74, 6) is 1.71. The fraction of sp³-hybridized carbons (Fsp3) is 0.381. The molecule has 27 heavy (non-hydrogen) atoms. The second-order valence-corrected chi connectivity index (χ2v) is 7.82. The SMILES string of the molecule is O=C(CCc1nnc(-c2ccsc2)o1)NC1CCC(c2ccccc2)CC1. The van der Waals surface area contributed by atoms with Crippen LogP contribution in [0.1, 0.15) is 49.5 Å². The van der Waals surface area contributed by atoms with Crippen molar-refractivity contribution in [2.45, 2.75) is 50.5 Å². The zero-order valence-electron chi connectivity index (χ0n) is 15.1. The van der Waals surface area contributed by atoms with E-state index in [1.807, 2.05) is 16.8 Å². The highest BCUT2D eigenvalue weighted by Crippen LogP contribution is 2.32. The van der Waals surface area contributed by atoms with Crippen molar-refractivity contribution in [1.29, 1.82) is 0 Å². The molecule has 0 bridgehead atoms. The number of nitrogens with one attached hydrogen (secondary N) is 1. The van der Waals surface area contributed by atoms with Crippen LogP contribution in [0, 0.1) is 0 Å². The highest BCUT2D eigenvalue weighted by molar-refractivity contribution is 7.08. The maximum absolute atomic E-state index is 12.3. The number of rotatable bonds is 6. The maximum atomic E-state index is 12.3. The van der Waals surface area contributed by atoms with Gasteiger partial charge in [0.15, 0.2) is 0 Å². The van der Waals surface area contributed by atoms with Gasteiger partial charge in [-0.15, -0.1) is 10.2 Å². The van der Waals surface area contributed by atoms with Crippen LogP contribution in [0.2, 0.25) is 0 Å². The summed E-state index contributed by atoms with van der Waals surface area (Å²) in [6.07, 6.45) is 5.18. The molecule has 2 aromatic heterocycles. The van der Waals surface area contributed by atoms with Gasteiger partial charge < -0.3 is 9.73 Å². The molecular weight excluding hydrogens is 358 g/mol. The first kappa shape index (κ1) is 17.9. The number of nitrogens with zero attached hydrogens (tertiary/aromatic N) is 2. The third kappa shape index (κ3) is 4.63. The van der Waals surface area contributed by atoms with Crippen molar-refractivity contribution in [3.63, 3.8) is 0 Å². The van der Waals surface area contributed by atoms with E-state index in [0.717, 1.165) is 31.2 Å². The molecule has 1 aliphatic carbocycles. The Morgan fingerprint density at radius 2 is 1.93 bits per heavy atom. The highest BCUT2D eigenvalue weighted by atomic mass is 32.1. The molecule has 0 saturated heterocycles. The molecule has 5 nitrogen and oxygen atoms in total. The van der Waals surface area contributed by atoms with Crippen LogP contribution >= 0.6 is 11.3 Å². The second-order valence-electron chi connectivity index (χ2n) is 7.04. The number of aryl methyl sites for hydroxylation is 1. The van der Waals surface area contributed by atoms with Gasteiger partial charge in [0.2, 0.25) is 17.7 Å². The third-order valence-electron chi connectivity index (χ3n) is 5.16. The van der Waals surface area contributed by atoms with E-state index < -0.39 is 0 Å². The van der Waals surface area contributed by atoms with Crippen molar-refractivity contribution in [3.8, 4) is 11.5 Å². The molecule has 1 saturated carbocycles. The van der Waals surface area contributed by atoms with E-state index in [0.29, 0.717) is 30.5 Å². The highest BCUT2D eigenvalue weighted by Gasteiger charge is 2.23. The van der Waals surface area contributed by atoms with Gasteiger partial charge in [-0.3, -0.25) is 4.79 Å². The van der Waals surface area contributed by atoms with Crippen molar-refractivity contribution in [3.05, 3.63) is 58.6 Å². The molecule has 1 N–H and O–H groups in total. The minimum absolute atomic E-state index is 0.0634. The molecule has 0 unspecified atom stereocenters. The Morgan fingerprint density at radius 3 is 2.67 bits per heavy atom. The summed E-state index contributed by atoms with van der Waals surface area (Å²) in [7, 11) is 0. The Kier molecular flexibility index (Phi) is 5.63. The summed E-state index contributed by atoms with van der Waals surface area (Å²) in [6, 6.07) is 12.9. The molecule has 0 radical (unpaired) electrons. The number of benzene rings is 1. The Hall–Kier alpha value is -2.47.